The zero-order chi connectivity index (χ0) is 17.6. The lowest BCUT2D eigenvalue weighted by molar-refractivity contribution is 0.0999. The van der Waals surface area contributed by atoms with Crippen LogP contribution in [0.4, 0.5) is 0 Å². The summed E-state index contributed by atoms with van der Waals surface area (Å²) in [4.78, 5) is 0. The highest BCUT2D eigenvalue weighted by atomic mass is 35.5. The number of aliphatic hydroxyl groups is 1. The molecule has 1 heterocycles. The first-order chi connectivity index (χ1) is 11.3. The number of aryl methyl sites for hydroxylation is 1. The van der Waals surface area contributed by atoms with Crippen LogP contribution in [0.15, 0.2) is 34.9 Å². The van der Waals surface area contributed by atoms with Gasteiger partial charge in [0.1, 0.15) is 18.5 Å². The Balaban J connectivity index is 0.00000312. The Kier molecular flexibility index (Phi) is 8.16. The highest BCUT2D eigenvalue weighted by molar-refractivity contribution is 5.85. The lowest BCUT2D eigenvalue weighted by Gasteiger charge is -2.23. The Hall–Kier alpha value is -1.82. The van der Waals surface area contributed by atoms with Crippen molar-refractivity contribution in [1.82, 2.24) is 10.5 Å². The molecular weight excluding hydrogens is 340 g/mol. The summed E-state index contributed by atoms with van der Waals surface area (Å²) in [5, 5.41) is 17.2. The van der Waals surface area contributed by atoms with Crippen molar-refractivity contribution < 1.29 is 14.4 Å². The predicted octanol–water partition coefficient (Wildman–Crippen LogP) is 3.70. The first kappa shape index (κ1) is 21.2. The van der Waals surface area contributed by atoms with E-state index in [1.165, 1.54) is 0 Å². The summed E-state index contributed by atoms with van der Waals surface area (Å²) in [6, 6.07) is 9.55. The molecule has 2 N–H and O–H groups in total. The Morgan fingerprint density at radius 1 is 1.28 bits per heavy atom. The second-order valence-electron chi connectivity index (χ2n) is 6.84. The highest BCUT2D eigenvalue weighted by Gasteiger charge is 2.13. The minimum absolute atomic E-state index is 0. The van der Waals surface area contributed by atoms with E-state index in [1.54, 1.807) is 0 Å². The third-order valence-electron chi connectivity index (χ3n) is 3.29. The minimum atomic E-state index is -0.571. The molecule has 0 aliphatic carbocycles. The van der Waals surface area contributed by atoms with Crippen molar-refractivity contribution in [3.05, 3.63) is 47.3 Å². The third kappa shape index (κ3) is 7.73. The summed E-state index contributed by atoms with van der Waals surface area (Å²) < 4.78 is 10.9. The molecule has 0 spiro atoms. The van der Waals surface area contributed by atoms with Gasteiger partial charge < -0.3 is 19.7 Å². The molecule has 0 aliphatic rings. The smallest absolute Gasteiger partial charge is 0.159 e. The van der Waals surface area contributed by atoms with Crippen LogP contribution < -0.4 is 10.1 Å². The number of halogens is 1. The summed E-state index contributed by atoms with van der Waals surface area (Å²) in [5.41, 5.74) is 1.73. The van der Waals surface area contributed by atoms with Crippen molar-refractivity contribution in [2.45, 2.75) is 39.3 Å². The van der Waals surface area contributed by atoms with Gasteiger partial charge in [-0.05, 0) is 45.9 Å². The Morgan fingerprint density at radius 3 is 2.64 bits per heavy atom. The standard InChI is InChI=1S/C19H26N2O3.ClH/c1-14-11-17(24-21-14)10-9-15-7-5-6-8-18(15)23-13-16(22)12-20-19(2,3)4;/h5-11,16,20,22H,12-13H2,1-4H3;1H. The number of benzene rings is 1. The molecule has 25 heavy (non-hydrogen) atoms. The summed E-state index contributed by atoms with van der Waals surface area (Å²) in [5.74, 6) is 1.41. The van der Waals surface area contributed by atoms with E-state index in [4.69, 9.17) is 9.26 Å². The number of rotatable bonds is 7. The monoisotopic (exact) mass is 366 g/mol. The van der Waals surface area contributed by atoms with E-state index in [2.05, 4.69) is 31.2 Å². The van der Waals surface area contributed by atoms with Gasteiger partial charge in [-0.1, -0.05) is 23.4 Å². The predicted molar refractivity (Wildman–Crippen MR) is 103 cm³/mol. The van der Waals surface area contributed by atoms with Gasteiger partial charge in [0, 0.05) is 23.7 Å². The third-order valence-corrected chi connectivity index (χ3v) is 3.29. The molecule has 0 fully saturated rings. The van der Waals surface area contributed by atoms with Gasteiger partial charge >= 0.3 is 0 Å². The molecule has 0 bridgehead atoms. The van der Waals surface area contributed by atoms with E-state index >= 15 is 0 Å². The number of para-hydroxylation sites is 1. The van der Waals surface area contributed by atoms with Crippen LogP contribution in [0.2, 0.25) is 0 Å². The minimum Gasteiger partial charge on any atom is -0.490 e. The Labute approximate surface area is 155 Å². The van der Waals surface area contributed by atoms with E-state index in [0.717, 1.165) is 17.0 Å². The molecule has 0 amide bonds. The summed E-state index contributed by atoms with van der Waals surface area (Å²) in [6.45, 7) is 8.78. The van der Waals surface area contributed by atoms with E-state index < -0.39 is 6.10 Å². The van der Waals surface area contributed by atoms with Gasteiger partial charge in [-0.25, -0.2) is 0 Å². The van der Waals surface area contributed by atoms with Gasteiger partial charge in [-0.15, -0.1) is 12.4 Å². The number of nitrogens with one attached hydrogen (secondary N) is 1. The lowest BCUT2D eigenvalue weighted by Crippen LogP contribution is -2.42. The number of hydrogen-bond donors (Lipinski definition) is 2. The maximum absolute atomic E-state index is 10.0. The molecule has 2 aromatic rings. The van der Waals surface area contributed by atoms with Crippen molar-refractivity contribution in [3.63, 3.8) is 0 Å². The van der Waals surface area contributed by atoms with Crippen molar-refractivity contribution in [1.29, 1.82) is 0 Å². The number of nitrogens with zero attached hydrogens (tertiary/aromatic N) is 1. The molecule has 2 rings (SSSR count). The van der Waals surface area contributed by atoms with Crippen LogP contribution in [0.1, 0.15) is 37.8 Å². The molecule has 1 atom stereocenters. The van der Waals surface area contributed by atoms with Gasteiger partial charge in [0.25, 0.3) is 0 Å². The van der Waals surface area contributed by atoms with Crippen LogP contribution in [0.25, 0.3) is 12.2 Å². The maximum Gasteiger partial charge on any atom is 0.159 e. The van der Waals surface area contributed by atoms with Crippen molar-refractivity contribution in [2.75, 3.05) is 13.2 Å². The molecule has 6 heteroatoms. The number of hydrogen-bond acceptors (Lipinski definition) is 5. The average molecular weight is 367 g/mol. The fourth-order valence-electron chi connectivity index (χ4n) is 2.05. The van der Waals surface area contributed by atoms with Crippen molar-refractivity contribution in [3.8, 4) is 5.75 Å². The van der Waals surface area contributed by atoms with Crippen molar-refractivity contribution >= 4 is 24.6 Å². The molecule has 1 aromatic carbocycles. The van der Waals surface area contributed by atoms with Gasteiger partial charge in [-0.3, -0.25) is 0 Å². The molecule has 0 radical (unpaired) electrons. The van der Waals surface area contributed by atoms with Crippen LogP contribution in [-0.2, 0) is 0 Å². The Bertz CT molecular complexity index is 677. The van der Waals surface area contributed by atoms with E-state index in [0.29, 0.717) is 12.3 Å². The summed E-state index contributed by atoms with van der Waals surface area (Å²) in [7, 11) is 0. The molecule has 138 valence electrons. The Morgan fingerprint density at radius 2 is 2.00 bits per heavy atom. The molecule has 0 saturated carbocycles. The van der Waals surface area contributed by atoms with Crippen LogP contribution in [-0.4, -0.2) is 35.1 Å². The average Bonchev–Trinajstić information content (AvgIpc) is 2.94. The molecule has 0 saturated heterocycles. The zero-order valence-electron chi connectivity index (χ0n) is 15.2. The molecule has 1 aromatic heterocycles. The summed E-state index contributed by atoms with van der Waals surface area (Å²) in [6.07, 6.45) is 3.19. The topological polar surface area (TPSA) is 67.5 Å². The SMILES string of the molecule is Cc1cc(C=Cc2ccccc2OCC(O)CNC(C)(C)C)on1.Cl. The second-order valence-corrected chi connectivity index (χ2v) is 6.84. The largest absolute Gasteiger partial charge is 0.490 e. The van der Waals surface area contributed by atoms with E-state index in [1.807, 2.05) is 49.4 Å². The number of aliphatic hydroxyl groups excluding tert-OH is 1. The van der Waals surface area contributed by atoms with Gasteiger partial charge in [0.05, 0.1) is 5.69 Å². The first-order valence-electron chi connectivity index (χ1n) is 8.10. The van der Waals surface area contributed by atoms with Crippen LogP contribution in [0.5, 0.6) is 5.75 Å². The van der Waals surface area contributed by atoms with E-state index in [9.17, 15) is 5.11 Å². The number of ether oxygens (including phenoxy) is 1. The van der Waals surface area contributed by atoms with E-state index in [-0.39, 0.29) is 24.6 Å². The van der Waals surface area contributed by atoms with Gasteiger partial charge in [0.15, 0.2) is 5.76 Å². The fraction of sp³-hybridized carbons (Fsp3) is 0.421. The van der Waals surface area contributed by atoms with Crippen LogP contribution in [0, 0.1) is 6.92 Å². The van der Waals surface area contributed by atoms with Gasteiger partial charge in [-0.2, -0.15) is 0 Å². The maximum atomic E-state index is 10.0. The summed E-state index contributed by atoms with van der Waals surface area (Å²) >= 11 is 0. The molecule has 1 unspecified atom stereocenters. The normalized spacial score (nSPS) is 12.8. The fourth-order valence-corrected chi connectivity index (χ4v) is 2.05. The number of aromatic nitrogens is 1. The second kappa shape index (κ2) is 9.61. The lowest BCUT2D eigenvalue weighted by atomic mass is 10.1. The first-order valence-corrected chi connectivity index (χ1v) is 8.10. The highest BCUT2D eigenvalue weighted by Crippen LogP contribution is 2.21. The van der Waals surface area contributed by atoms with Crippen LogP contribution in [0.3, 0.4) is 0 Å². The van der Waals surface area contributed by atoms with Crippen LogP contribution >= 0.6 is 12.4 Å². The molecule has 0 aliphatic heterocycles. The van der Waals surface area contributed by atoms with Gasteiger partial charge in [0.2, 0.25) is 0 Å². The molecule has 5 nitrogen and oxygen atoms in total. The van der Waals surface area contributed by atoms with Crippen molar-refractivity contribution in [2.24, 2.45) is 0 Å². The quantitative estimate of drug-likeness (QED) is 0.782. The zero-order valence-corrected chi connectivity index (χ0v) is 16.0. The number of β-amino-alcohol motifs (C(OH)–C–C–N with tert-alkyl or cyclic N) is 1. The molecular formula is C19H27ClN2O3.